The van der Waals surface area contributed by atoms with Crippen LogP contribution in [-0.4, -0.2) is 78.9 Å². The first-order valence-electron chi connectivity index (χ1n) is 10.9. The predicted molar refractivity (Wildman–Crippen MR) is 115 cm³/mol. The summed E-state index contributed by atoms with van der Waals surface area (Å²) in [5.74, 6) is 1.51. The molecule has 2 aliphatic rings. The summed E-state index contributed by atoms with van der Waals surface area (Å²) in [7, 11) is 0. The number of hydrogen-bond donors (Lipinski definition) is 1. The number of piperazine rings is 1. The van der Waals surface area contributed by atoms with Crippen LogP contribution in [0.25, 0.3) is 0 Å². The van der Waals surface area contributed by atoms with E-state index < -0.39 is 0 Å². The molecule has 1 N–H and O–H groups in total. The number of hydrogen-bond acceptors (Lipinski definition) is 4. The van der Waals surface area contributed by atoms with Crippen molar-refractivity contribution in [2.45, 2.75) is 33.7 Å². The fourth-order valence-electron chi connectivity index (χ4n) is 4.52. The predicted octanol–water partition coefficient (Wildman–Crippen LogP) is 1.73. The lowest BCUT2D eigenvalue weighted by molar-refractivity contribution is -0.135. The van der Waals surface area contributed by atoms with Crippen LogP contribution >= 0.6 is 0 Å². The van der Waals surface area contributed by atoms with Crippen LogP contribution in [0, 0.1) is 18.8 Å². The summed E-state index contributed by atoms with van der Waals surface area (Å²) in [4.78, 5) is 31.4. The third-order valence-electron chi connectivity index (χ3n) is 6.15. The van der Waals surface area contributed by atoms with Gasteiger partial charge < -0.3 is 10.2 Å². The van der Waals surface area contributed by atoms with Gasteiger partial charge in [-0.3, -0.25) is 19.4 Å². The summed E-state index contributed by atoms with van der Waals surface area (Å²) >= 11 is 0. The fourth-order valence-corrected chi connectivity index (χ4v) is 4.52. The van der Waals surface area contributed by atoms with Crippen LogP contribution in [0.15, 0.2) is 24.3 Å². The molecule has 6 heteroatoms. The Labute approximate surface area is 175 Å². The monoisotopic (exact) mass is 400 g/mol. The van der Waals surface area contributed by atoms with Gasteiger partial charge in [-0.15, -0.1) is 0 Å². The molecule has 2 amide bonds. The highest BCUT2D eigenvalue weighted by atomic mass is 16.2. The van der Waals surface area contributed by atoms with E-state index in [1.165, 1.54) is 12.0 Å². The van der Waals surface area contributed by atoms with Crippen LogP contribution in [0.1, 0.15) is 31.4 Å². The van der Waals surface area contributed by atoms with Crippen molar-refractivity contribution in [2.75, 3.05) is 52.4 Å². The summed E-state index contributed by atoms with van der Waals surface area (Å²) in [6, 6.07) is 8.12. The zero-order valence-corrected chi connectivity index (χ0v) is 18.2. The number of nitrogens with one attached hydrogen (secondary N) is 1. The van der Waals surface area contributed by atoms with Gasteiger partial charge in [0.15, 0.2) is 0 Å². The average Bonchev–Trinajstić information content (AvgIpc) is 2.68. The van der Waals surface area contributed by atoms with Crippen molar-refractivity contribution in [3.05, 3.63) is 35.4 Å². The summed E-state index contributed by atoms with van der Waals surface area (Å²) < 4.78 is 0. The number of piperidine rings is 1. The Hall–Kier alpha value is -1.92. The average molecular weight is 401 g/mol. The van der Waals surface area contributed by atoms with Crippen LogP contribution in [0.2, 0.25) is 0 Å². The van der Waals surface area contributed by atoms with Crippen molar-refractivity contribution in [1.82, 2.24) is 20.0 Å². The van der Waals surface area contributed by atoms with E-state index in [4.69, 9.17) is 0 Å². The Balaban J connectivity index is 1.36. The Bertz CT molecular complexity index is 690. The van der Waals surface area contributed by atoms with Gasteiger partial charge in [0.05, 0.1) is 13.1 Å². The van der Waals surface area contributed by atoms with Gasteiger partial charge in [-0.25, -0.2) is 0 Å². The van der Waals surface area contributed by atoms with Gasteiger partial charge in [0, 0.05) is 45.8 Å². The van der Waals surface area contributed by atoms with E-state index >= 15 is 0 Å². The van der Waals surface area contributed by atoms with Crippen LogP contribution in [0.4, 0.5) is 0 Å². The molecule has 0 radical (unpaired) electrons. The molecule has 2 unspecified atom stereocenters. The lowest BCUT2D eigenvalue weighted by Crippen LogP contribution is -2.53. The van der Waals surface area contributed by atoms with Gasteiger partial charge in [0.2, 0.25) is 11.8 Å². The number of likely N-dealkylation sites (tertiary alicyclic amines) is 1. The number of carbonyl (C=O) groups is 2. The minimum Gasteiger partial charge on any atom is -0.351 e. The van der Waals surface area contributed by atoms with Crippen LogP contribution in [0.5, 0.6) is 0 Å². The third kappa shape index (κ3) is 6.54. The highest BCUT2D eigenvalue weighted by Crippen LogP contribution is 2.21. The highest BCUT2D eigenvalue weighted by molar-refractivity contribution is 5.79. The van der Waals surface area contributed by atoms with Gasteiger partial charge in [0.25, 0.3) is 0 Å². The minimum absolute atomic E-state index is 0.0640. The molecule has 0 aromatic heterocycles. The molecular formula is C23H36N4O2. The van der Waals surface area contributed by atoms with Crippen LogP contribution < -0.4 is 5.32 Å². The number of rotatable bonds is 6. The first kappa shape index (κ1) is 21.8. The maximum atomic E-state index is 12.7. The van der Waals surface area contributed by atoms with E-state index in [1.54, 1.807) is 0 Å². The quantitative estimate of drug-likeness (QED) is 0.790. The Kier molecular flexibility index (Phi) is 7.67. The Morgan fingerprint density at radius 3 is 2.17 bits per heavy atom. The summed E-state index contributed by atoms with van der Waals surface area (Å²) in [6.07, 6.45) is 1.22. The molecule has 29 heavy (non-hydrogen) atoms. The third-order valence-corrected chi connectivity index (χ3v) is 6.15. The van der Waals surface area contributed by atoms with E-state index in [2.05, 4.69) is 48.0 Å². The molecule has 2 aliphatic heterocycles. The maximum absolute atomic E-state index is 12.7. The topological polar surface area (TPSA) is 55.9 Å². The minimum atomic E-state index is 0.0640. The van der Waals surface area contributed by atoms with E-state index in [1.807, 2.05) is 17.0 Å². The van der Waals surface area contributed by atoms with Crippen molar-refractivity contribution >= 4 is 11.8 Å². The van der Waals surface area contributed by atoms with E-state index in [9.17, 15) is 9.59 Å². The molecule has 0 spiro atoms. The standard InChI is InChI=1S/C23H36N4O2/c1-18-12-19(2)15-27(14-18)23(29)17-26-10-8-25(9-11-26)16-22(28)24-13-21-7-5-4-6-20(21)3/h4-7,18-19H,8-17H2,1-3H3,(H,24,28). The molecule has 2 fully saturated rings. The highest BCUT2D eigenvalue weighted by Gasteiger charge is 2.27. The number of aryl methyl sites for hydroxylation is 1. The second kappa shape index (κ2) is 10.2. The molecule has 0 bridgehead atoms. The molecule has 3 rings (SSSR count). The molecular weight excluding hydrogens is 364 g/mol. The zero-order chi connectivity index (χ0) is 20.8. The van der Waals surface area contributed by atoms with Gasteiger partial charge in [-0.2, -0.15) is 0 Å². The molecule has 2 heterocycles. The van der Waals surface area contributed by atoms with Crippen molar-refractivity contribution in [3.63, 3.8) is 0 Å². The summed E-state index contributed by atoms with van der Waals surface area (Å²) in [5.41, 5.74) is 2.36. The first-order chi connectivity index (χ1) is 13.9. The number of benzene rings is 1. The summed E-state index contributed by atoms with van der Waals surface area (Å²) in [5, 5.41) is 3.03. The van der Waals surface area contributed by atoms with Gasteiger partial charge in [-0.05, 0) is 36.3 Å². The molecule has 160 valence electrons. The fraction of sp³-hybridized carbons (Fsp3) is 0.652. The van der Waals surface area contributed by atoms with E-state index in [0.717, 1.165) is 44.8 Å². The number of carbonyl (C=O) groups excluding carboxylic acids is 2. The SMILES string of the molecule is Cc1ccccc1CNC(=O)CN1CCN(CC(=O)N2CC(C)CC(C)C2)CC1. The molecule has 2 saturated heterocycles. The van der Waals surface area contributed by atoms with Crippen LogP contribution in [-0.2, 0) is 16.1 Å². The molecule has 1 aromatic carbocycles. The lowest BCUT2D eigenvalue weighted by Gasteiger charge is -2.38. The van der Waals surface area contributed by atoms with Crippen molar-refractivity contribution in [1.29, 1.82) is 0 Å². The first-order valence-corrected chi connectivity index (χ1v) is 10.9. The number of nitrogens with zero attached hydrogens (tertiary/aromatic N) is 3. The zero-order valence-electron chi connectivity index (χ0n) is 18.2. The summed E-state index contributed by atoms with van der Waals surface area (Å²) in [6.45, 7) is 13.2. The maximum Gasteiger partial charge on any atom is 0.236 e. The van der Waals surface area contributed by atoms with Gasteiger partial charge in [-0.1, -0.05) is 38.1 Å². The molecule has 0 saturated carbocycles. The largest absolute Gasteiger partial charge is 0.351 e. The van der Waals surface area contributed by atoms with E-state index in [-0.39, 0.29) is 11.8 Å². The molecule has 2 atom stereocenters. The molecule has 6 nitrogen and oxygen atoms in total. The van der Waals surface area contributed by atoms with E-state index in [0.29, 0.717) is 31.5 Å². The normalized spacial score (nSPS) is 23.8. The second-order valence-corrected chi connectivity index (χ2v) is 9.00. The van der Waals surface area contributed by atoms with Crippen molar-refractivity contribution in [3.8, 4) is 0 Å². The van der Waals surface area contributed by atoms with Crippen LogP contribution in [0.3, 0.4) is 0 Å². The second-order valence-electron chi connectivity index (χ2n) is 9.00. The van der Waals surface area contributed by atoms with Crippen molar-refractivity contribution < 1.29 is 9.59 Å². The Morgan fingerprint density at radius 2 is 1.55 bits per heavy atom. The lowest BCUT2D eigenvalue weighted by atomic mass is 9.92. The van der Waals surface area contributed by atoms with Gasteiger partial charge >= 0.3 is 0 Å². The van der Waals surface area contributed by atoms with Gasteiger partial charge in [0.1, 0.15) is 0 Å². The molecule has 1 aromatic rings. The smallest absolute Gasteiger partial charge is 0.236 e. The Morgan fingerprint density at radius 1 is 0.966 bits per heavy atom. The molecule has 0 aliphatic carbocycles. The van der Waals surface area contributed by atoms with Crippen molar-refractivity contribution in [2.24, 2.45) is 11.8 Å². The number of amides is 2.